The molecule has 1 aromatic carbocycles. The number of benzene rings is 1. The summed E-state index contributed by atoms with van der Waals surface area (Å²) in [5, 5.41) is 3.75. The Morgan fingerprint density at radius 1 is 1.21 bits per heavy atom. The van der Waals surface area contributed by atoms with Gasteiger partial charge < -0.3 is 14.8 Å². The summed E-state index contributed by atoms with van der Waals surface area (Å²) < 4.78 is 10.3. The van der Waals surface area contributed by atoms with Crippen molar-refractivity contribution in [1.29, 1.82) is 0 Å². The first-order valence-corrected chi connectivity index (χ1v) is 5.94. The highest BCUT2D eigenvalue weighted by Gasteiger charge is 2.16. The molecule has 2 heterocycles. The van der Waals surface area contributed by atoms with Crippen LogP contribution < -0.4 is 5.32 Å². The molecule has 5 heteroatoms. The third-order valence-corrected chi connectivity index (χ3v) is 2.75. The molecule has 0 bridgehead atoms. The number of aromatic nitrogens is 1. The highest BCUT2D eigenvalue weighted by Crippen LogP contribution is 2.21. The first-order valence-electron chi connectivity index (χ1n) is 5.94. The maximum absolute atomic E-state index is 12.0. The zero-order chi connectivity index (χ0) is 13.1. The number of hydrogen-bond acceptors (Lipinski definition) is 4. The number of carbonyl (C=O) groups is 1. The predicted octanol–water partition coefficient (Wildman–Crippen LogP) is 2.06. The van der Waals surface area contributed by atoms with Crippen LogP contribution in [0.25, 0.3) is 10.9 Å². The molecule has 0 saturated heterocycles. The molecule has 0 radical (unpaired) electrons. The first-order chi connectivity index (χ1) is 9.34. The highest BCUT2D eigenvalue weighted by molar-refractivity contribution is 6.06. The van der Waals surface area contributed by atoms with E-state index in [1.165, 1.54) is 6.26 Å². The van der Waals surface area contributed by atoms with Crippen LogP contribution >= 0.6 is 0 Å². The Morgan fingerprint density at radius 3 is 2.95 bits per heavy atom. The molecule has 5 nitrogen and oxygen atoms in total. The van der Waals surface area contributed by atoms with Crippen LogP contribution in [0.2, 0.25) is 0 Å². The van der Waals surface area contributed by atoms with Crippen molar-refractivity contribution >= 4 is 22.5 Å². The van der Waals surface area contributed by atoms with Crippen molar-refractivity contribution in [3.63, 3.8) is 0 Å². The van der Waals surface area contributed by atoms with Gasteiger partial charge in [0, 0.05) is 11.6 Å². The van der Waals surface area contributed by atoms with Crippen molar-refractivity contribution in [1.82, 2.24) is 4.98 Å². The van der Waals surface area contributed by atoms with E-state index in [2.05, 4.69) is 10.3 Å². The zero-order valence-corrected chi connectivity index (χ0v) is 10.1. The van der Waals surface area contributed by atoms with Crippen LogP contribution in [0, 0.1) is 0 Å². The van der Waals surface area contributed by atoms with E-state index in [1.807, 2.05) is 24.3 Å². The van der Waals surface area contributed by atoms with E-state index in [9.17, 15) is 4.79 Å². The number of amides is 1. The second-order valence-corrected chi connectivity index (χ2v) is 4.04. The molecule has 19 heavy (non-hydrogen) atoms. The monoisotopic (exact) mass is 256 g/mol. The number of nitrogens with zero attached hydrogens (tertiary/aromatic N) is 1. The van der Waals surface area contributed by atoms with Crippen LogP contribution in [0.1, 0.15) is 0 Å². The van der Waals surface area contributed by atoms with Crippen molar-refractivity contribution in [3.05, 3.63) is 48.5 Å². The van der Waals surface area contributed by atoms with Gasteiger partial charge >= 0.3 is 0 Å². The number of fused-ring (bicyclic) bond motifs is 1. The molecule has 1 amide bonds. The normalized spacial score (nSPS) is 14.2. The number of hydrogen-bond donors (Lipinski definition) is 1. The van der Waals surface area contributed by atoms with Crippen molar-refractivity contribution in [2.75, 3.05) is 18.5 Å². The minimum atomic E-state index is -0.335. The van der Waals surface area contributed by atoms with Gasteiger partial charge in [-0.3, -0.25) is 9.78 Å². The van der Waals surface area contributed by atoms with Crippen LogP contribution in [0.15, 0.2) is 48.5 Å². The standard InChI is InChI=1S/C14H12N2O3/c17-14(12-9-18-7-8-19-12)16-11-5-1-3-10-4-2-6-15-13(10)11/h1-6,9H,7-8H2,(H,16,17). The minimum Gasteiger partial charge on any atom is -0.494 e. The first kappa shape index (κ1) is 11.5. The number of ether oxygens (including phenoxy) is 2. The van der Waals surface area contributed by atoms with Gasteiger partial charge in [-0.1, -0.05) is 18.2 Å². The van der Waals surface area contributed by atoms with Crippen molar-refractivity contribution in [2.24, 2.45) is 0 Å². The molecule has 1 aliphatic heterocycles. The molecule has 0 atom stereocenters. The van der Waals surface area contributed by atoms with Gasteiger partial charge in [-0.2, -0.15) is 0 Å². The maximum Gasteiger partial charge on any atom is 0.294 e. The Hall–Kier alpha value is -2.56. The van der Waals surface area contributed by atoms with Gasteiger partial charge in [-0.15, -0.1) is 0 Å². The lowest BCUT2D eigenvalue weighted by Gasteiger charge is -2.15. The third kappa shape index (κ3) is 2.35. The van der Waals surface area contributed by atoms with Crippen LogP contribution in [0.3, 0.4) is 0 Å². The molecule has 1 aromatic heterocycles. The Kier molecular flexibility index (Phi) is 3.02. The lowest BCUT2D eigenvalue weighted by molar-refractivity contribution is -0.117. The van der Waals surface area contributed by atoms with Crippen LogP contribution in [0.4, 0.5) is 5.69 Å². The Balaban J connectivity index is 1.89. The fourth-order valence-electron chi connectivity index (χ4n) is 1.88. The number of pyridine rings is 1. The summed E-state index contributed by atoms with van der Waals surface area (Å²) in [5.41, 5.74) is 1.40. The smallest absolute Gasteiger partial charge is 0.294 e. The molecular formula is C14H12N2O3. The largest absolute Gasteiger partial charge is 0.494 e. The molecular weight excluding hydrogens is 244 g/mol. The number of nitrogens with one attached hydrogen (secondary N) is 1. The van der Waals surface area contributed by atoms with E-state index in [0.717, 1.165) is 10.9 Å². The second kappa shape index (κ2) is 4.97. The van der Waals surface area contributed by atoms with Crippen molar-refractivity contribution < 1.29 is 14.3 Å². The number of anilines is 1. The summed E-state index contributed by atoms with van der Waals surface area (Å²) in [7, 11) is 0. The summed E-state index contributed by atoms with van der Waals surface area (Å²) in [6.07, 6.45) is 3.02. The van der Waals surface area contributed by atoms with E-state index in [4.69, 9.17) is 9.47 Å². The zero-order valence-electron chi connectivity index (χ0n) is 10.1. The molecule has 0 spiro atoms. The summed E-state index contributed by atoms with van der Waals surface area (Å²) >= 11 is 0. The maximum atomic E-state index is 12.0. The molecule has 1 aliphatic rings. The summed E-state index contributed by atoms with van der Waals surface area (Å²) in [5.74, 6) is -0.156. The number of carbonyl (C=O) groups excluding carboxylic acids is 1. The molecule has 0 fully saturated rings. The second-order valence-electron chi connectivity index (χ2n) is 4.04. The van der Waals surface area contributed by atoms with E-state index in [0.29, 0.717) is 18.9 Å². The van der Waals surface area contributed by atoms with Crippen molar-refractivity contribution in [2.45, 2.75) is 0 Å². The summed E-state index contributed by atoms with van der Waals surface area (Å²) in [6, 6.07) is 9.41. The summed E-state index contributed by atoms with van der Waals surface area (Å²) in [6.45, 7) is 0.847. The fraction of sp³-hybridized carbons (Fsp3) is 0.143. The summed E-state index contributed by atoms with van der Waals surface area (Å²) in [4.78, 5) is 16.3. The average molecular weight is 256 g/mol. The van der Waals surface area contributed by atoms with E-state index in [1.54, 1.807) is 12.3 Å². The van der Waals surface area contributed by atoms with Gasteiger partial charge in [0.1, 0.15) is 19.5 Å². The average Bonchev–Trinajstić information content (AvgIpc) is 2.48. The molecule has 0 aliphatic carbocycles. The molecule has 0 unspecified atom stereocenters. The molecule has 1 N–H and O–H groups in total. The lowest BCUT2D eigenvalue weighted by atomic mass is 10.2. The van der Waals surface area contributed by atoms with E-state index < -0.39 is 0 Å². The molecule has 3 rings (SSSR count). The SMILES string of the molecule is O=C(Nc1cccc2cccnc12)C1=COCCO1. The Morgan fingerprint density at radius 2 is 2.11 bits per heavy atom. The molecule has 2 aromatic rings. The number of para-hydroxylation sites is 1. The minimum absolute atomic E-state index is 0.180. The molecule has 96 valence electrons. The lowest BCUT2D eigenvalue weighted by Crippen LogP contribution is -2.21. The van der Waals surface area contributed by atoms with Crippen LogP contribution in [-0.2, 0) is 14.3 Å². The topological polar surface area (TPSA) is 60.5 Å². The van der Waals surface area contributed by atoms with E-state index in [-0.39, 0.29) is 11.7 Å². The number of rotatable bonds is 2. The highest BCUT2D eigenvalue weighted by atomic mass is 16.6. The van der Waals surface area contributed by atoms with Gasteiger partial charge in [-0.25, -0.2) is 0 Å². The third-order valence-electron chi connectivity index (χ3n) is 2.75. The van der Waals surface area contributed by atoms with Gasteiger partial charge in [0.2, 0.25) is 5.76 Å². The van der Waals surface area contributed by atoms with Gasteiger partial charge in [-0.05, 0) is 12.1 Å². The van der Waals surface area contributed by atoms with Gasteiger partial charge in [0.05, 0.1) is 11.2 Å². The van der Waals surface area contributed by atoms with Crippen LogP contribution in [0.5, 0.6) is 0 Å². The predicted molar refractivity (Wildman–Crippen MR) is 70.4 cm³/mol. The van der Waals surface area contributed by atoms with Crippen LogP contribution in [-0.4, -0.2) is 24.1 Å². The Labute approximate surface area is 109 Å². The van der Waals surface area contributed by atoms with Crippen molar-refractivity contribution in [3.8, 4) is 0 Å². The quantitative estimate of drug-likeness (QED) is 0.893. The van der Waals surface area contributed by atoms with Gasteiger partial charge in [0.15, 0.2) is 0 Å². The Bertz CT molecular complexity index is 647. The van der Waals surface area contributed by atoms with Gasteiger partial charge in [0.25, 0.3) is 5.91 Å². The molecule has 0 saturated carbocycles. The van der Waals surface area contributed by atoms with E-state index >= 15 is 0 Å². The fourth-order valence-corrected chi connectivity index (χ4v) is 1.88.